The molecule has 1 aromatic rings. The van der Waals surface area contributed by atoms with Crippen LogP contribution in [-0.2, 0) is 0 Å². The van der Waals surface area contributed by atoms with Gasteiger partial charge in [0.25, 0.3) is 0 Å². The molecule has 2 rings (SSSR count). The molecule has 1 aliphatic carbocycles. The second kappa shape index (κ2) is 5.30. The third-order valence-electron chi connectivity index (χ3n) is 2.69. The van der Waals surface area contributed by atoms with Crippen LogP contribution < -0.4 is 10.1 Å². The molecular weight excluding hydrogens is 205 g/mol. The second-order valence-corrected chi connectivity index (χ2v) is 4.53. The van der Waals surface area contributed by atoms with Crippen molar-refractivity contribution in [2.75, 3.05) is 13.2 Å². The van der Waals surface area contributed by atoms with E-state index in [1.54, 1.807) is 18.2 Å². The summed E-state index contributed by atoms with van der Waals surface area (Å²) in [5.74, 6) is 0.464. The fraction of sp³-hybridized carbons (Fsp3) is 0.538. The van der Waals surface area contributed by atoms with Crippen molar-refractivity contribution in [3.63, 3.8) is 0 Å². The molecule has 1 N–H and O–H groups in total. The van der Waals surface area contributed by atoms with Gasteiger partial charge in [0.1, 0.15) is 0 Å². The average molecular weight is 223 g/mol. The van der Waals surface area contributed by atoms with Crippen molar-refractivity contribution >= 4 is 0 Å². The minimum Gasteiger partial charge on any atom is -0.490 e. The van der Waals surface area contributed by atoms with E-state index in [1.165, 1.54) is 18.9 Å². The molecule has 1 aromatic carbocycles. The minimum absolute atomic E-state index is 0.287. The predicted octanol–water partition coefficient (Wildman–Crippen LogP) is 2.59. The highest BCUT2D eigenvalue weighted by Gasteiger charge is 2.20. The molecule has 2 nitrogen and oxygen atoms in total. The molecule has 1 aliphatic rings. The van der Waals surface area contributed by atoms with Gasteiger partial charge in [0.2, 0.25) is 0 Å². The Morgan fingerprint density at radius 2 is 2.19 bits per heavy atom. The van der Waals surface area contributed by atoms with Gasteiger partial charge in [-0.15, -0.1) is 0 Å². The average Bonchev–Trinajstić information content (AvgIpc) is 3.09. The van der Waals surface area contributed by atoms with E-state index >= 15 is 0 Å². The molecule has 0 bridgehead atoms. The molecule has 88 valence electrons. The Balaban J connectivity index is 1.71. The lowest BCUT2D eigenvalue weighted by Crippen LogP contribution is -2.26. The molecule has 0 radical (unpaired) electrons. The molecule has 0 aromatic heterocycles. The van der Waals surface area contributed by atoms with Crippen LogP contribution in [-0.4, -0.2) is 19.2 Å². The normalized spacial score (nSPS) is 17.1. The maximum atomic E-state index is 13.2. The summed E-state index contributed by atoms with van der Waals surface area (Å²) in [6.07, 6.45) is 2.59. The summed E-state index contributed by atoms with van der Waals surface area (Å²) in [6.45, 7) is 3.61. The third kappa shape index (κ3) is 3.49. The predicted molar refractivity (Wildman–Crippen MR) is 62.1 cm³/mol. The molecule has 1 unspecified atom stereocenters. The fourth-order valence-electron chi connectivity index (χ4n) is 1.51. The van der Waals surface area contributed by atoms with Gasteiger partial charge in [0, 0.05) is 18.5 Å². The number of para-hydroxylation sites is 1. The van der Waals surface area contributed by atoms with Crippen LogP contribution in [0.5, 0.6) is 5.75 Å². The molecule has 0 spiro atoms. The summed E-state index contributed by atoms with van der Waals surface area (Å²) in [5, 5.41) is 3.43. The quantitative estimate of drug-likeness (QED) is 0.800. The van der Waals surface area contributed by atoms with Crippen molar-refractivity contribution in [3.8, 4) is 5.75 Å². The van der Waals surface area contributed by atoms with Crippen LogP contribution in [0.1, 0.15) is 19.8 Å². The topological polar surface area (TPSA) is 21.3 Å². The van der Waals surface area contributed by atoms with E-state index in [-0.39, 0.29) is 5.82 Å². The van der Waals surface area contributed by atoms with Crippen molar-refractivity contribution in [2.24, 2.45) is 5.92 Å². The summed E-state index contributed by atoms with van der Waals surface area (Å²) in [6, 6.07) is 7.25. The number of halogens is 1. The molecule has 0 heterocycles. The lowest BCUT2D eigenvalue weighted by Gasteiger charge is -2.14. The number of rotatable bonds is 6. The maximum absolute atomic E-state index is 13.2. The lowest BCUT2D eigenvalue weighted by atomic mass is 10.2. The van der Waals surface area contributed by atoms with Gasteiger partial charge in [-0.25, -0.2) is 4.39 Å². The summed E-state index contributed by atoms with van der Waals surface area (Å²) in [7, 11) is 0. The van der Waals surface area contributed by atoms with Crippen LogP contribution in [0.3, 0.4) is 0 Å². The van der Waals surface area contributed by atoms with Crippen molar-refractivity contribution in [2.45, 2.75) is 25.8 Å². The highest BCUT2D eigenvalue weighted by Crippen LogP contribution is 2.19. The molecule has 3 heteroatoms. The Morgan fingerprint density at radius 3 is 2.88 bits per heavy atom. The van der Waals surface area contributed by atoms with E-state index < -0.39 is 0 Å². The van der Waals surface area contributed by atoms with Crippen LogP contribution in [0.4, 0.5) is 4.39 Å². The largest absolute Gasteiger partial charge is 0.490 e. The highest BCUT2D eigenvalue weighted by atomic mass is 19.1. The number of hydrogen-bond donors (Lipinski definition) is 1. The highest BCUT2D eigenvalue weighted by molar-refractivity contribution is 5.23. The van der Waals surface area contributed by atoms with Crippen LogP contribution in [0, 0.1) is 11.7 Å². The standard InChI is InChI=1S/C13H18FNO/c1-10(8-15-11-6-7-11)9-16-13-5-3-2-4-12(13)14/h2-5,10-11,15H,6-9H2,1H3. The summed E-state index contributed by atoms with van der Waals surface area (Å²) < 4.78 is 18.7. The zero-order chi connectivity index (χ0) is 11.4. The van der Waals surface area contributed by atoms with Crippen molar-refractivity contribution < 1.29 is 9.13 Å². The number of ether oxygens (including phenoxy) is 1. The minimum atomic E-state index is -0.287. The van der Waals surface area contributed by atoms with E-state index in [1.807, 2.05) is 0 Å². The van der Waals surface area contributed by atoms with E-state index in [2.05, 4.69) is 12.2 Å². The molecule has 1 fully saturated rings. The number of benzene rings is 1. The first-order chi connectivity index (χ1) is 7.75. The zero-order valence-electron chi connectivity index (χ0n) is 9.58. The smallest absolute Gasteiger partial charge is 0.165 e. The summed E-state index contributed by atoms with van der Waals surface area (Å²) >= 11 is 0. The van der Waals surface area contributed by atoms with E-state index in [0.717, 1.165) is 12.6 Å². The van der Waals surface area contributed by atoms with Gasteiger partial charge in [0.15, 0.2) is 11.6 Å². The molecule has 0 aliphatic heterocycles. The maximum Gasteiger partial charge on any atom is 0.165 e. The third-order valence-corrected chi connectivity index (χ3v) is 2.69. The van der Waals surface area contributed by atoms with Gasteiger partial charge in [-0.05, 0) is 25.0 Å². The fourth-order valence-corrected chi connectivity index (χ4v) is 1.51. The van der Waals surface area contributed by atoms with Crippen molar-refractivity contribution in [3.05, 3.63) is 30.1 Å². The first-order valence-corrected chi connectivity index (χ1v) is 5.86. The Hall–Kier alpha value is -1.09. The van der Waals surface area contributed by atoms with E-state index in [4.69, 9.17) is 4.74 Å². The zero-order valence-corrected chi connectivity index (χ0v) is 9.58. The first-order valence-electron chi connectivity index (χ1n) is 5.86. The van der Waals surface area contributed by atoms with Crippen molar-refractivity contribution in [1.82, 2.24) is 5.32 Å². The Labute approximate surface area is 95.8 Å². The van der Waals surface area contributed by atoms with Crippen molar-refractivity contribution in [1.29, 1.82) is 0 Å². The van der Waals surface area contributed by atoms with Crippen LogP contribution >= 0.6 is 0 Å². The molecule has 16 heavy (non-hydrogen) atoms. The van der Waals surface area contributed by atoms with Gasteiger partial charge < -0.3 is 10.1 Å². The SMILES string of the molecule is CC(CNC1CC1)COc1ccccc1F. The Morgan fingerprint density at radius 1 is 1.44 bits per heavy atom. The molecule has 1 atom stereocenters. The van der Waals surface area contributed by atoms with Gasteiger partial charge in [0.05, 0.1) is 6.61 Å². The van der Waals surface area contributed by atoms with Crippen LogP contribution in [0.25, 0.3) is 0 Å². The van der Waals surface area contributed by atoms with Crippen LogP contribution in [0.2, 0.25) is 0 Å². The Kier molecular flexibility index (Phi) is 3.78. The van der Waals surface area contributed by atoms with Gasteiger partial charge >= 0.3 is 0 Å². The molecule has 1 saturated carbocycles. The van der Waals surface area contributed by atoms with Gasteiger partial charge in [-0.1, -0.05) is 19.1 Å². The summed E-state index contributed by atoms with van der Waals surface area (Å²) in [4.78, 5) is 0. The molecular formula is C13H18FNO. The first kappa shape index (κ1) is 11.4. The number of hydrogen-bond acceptors (Lipinski definition) is 2. The van der Waals surface area contributed by atoms with Gasteiger partial charge in [-0.3, -0.25) is 0 Å². The van der Waals surface area contributed by atoms with Crippen LogP contribution in [0.15, 0.2) is 24.3 Å². The monoisotopic (exact) mass is 223 g/mol. The Bertz CT molecular complexity index is 338. The van der Waals surface area contributed by atoms with E-state index in [0.29, 0.717) is 18.3 Å². The van der Waals surface area contributed by atoms with Gasteiger partial charge in [-0.2, -0.15) is 0 Å². The number of nitrogens with one attached hydrogen (secondary N) is 1. The summed E-state index contributed by atoms with van der Waals surface area (Å²) in [5.41, 5.74) is 0. The molecule has 0 amide bonds. The molecule has 0 saturated heterocycles. The van der Waals surface area contributed by atoms with E-state index in [9.17, 15) is 4.39 Å². The second-order valence-electron chi connectivity index (χ2n) is 4.53. The lowest BCUT2D eigenvalue weighted by molar-refractivity contribution is 0.245.